The fourth-order valence-electron chi connectivity index (χ4n) is 1.44. The summed E-state index contributed by atoms with van der Waals surface area (Å²) in [4.78, 5) is 0. The van der Waals surface area contributed by atoms with Gasteiger partial charge in [-0.3, -0.25) is 5.41 Å². The number of nitrogens with one attached hydrogen (secondary N) is 1. The molecule has 0 amide bonds. The van der Waals surface area contributed by atoms with Crippen molar-refractivity contribution in [3.05, 3.63) is 41.2 Å². The molecule has 1 aromatic carbocycles. The Morgan fingerprint density at radius 2 is 2.00 bits per heavy atom. The van der Waals surface area contributed by atoms with Crippen molar-refractivity contribution in [1.29, 1.82) is 5.41 Å². The van der Waals surface area contributed by atoms with Gasteiger partial charge in [0.25, 0.3) is 0 Å². The molecule has 0 aliphatic heterocycles. The number of hydrogen-bond acceptors (Lipinski definition) is 4. The van der Waals surface area contributed by atoms with Crippen LogP contribution in [-0.4, -0.2) is 20.6 Å². The van der Waals surface area contributed by atoms with Gasteiger partial charge in [-0.15, -0.1) is 10.2 Å². The van der Waals surface area contributed by atoms with Crippen LogP contribution in [0.5, 0.6) is 0 Å². The maximum absolute atomic E-state index is 7.32. The number of rotatable bonds is 4. The summed E-state index contributed by atoms with van der Waals surface area (Å²) >= 11 is 1.64. The molecule has 2 rings (SSSR count). The van der Waals surface area contributed by atoms with Crippen LogP contribution in [0.25, 0.3) is 0 Å². The van der Waals surface area contributed by atoms with E-state index in [2.05, 4.69) is 10.2 Å². The zero-order valence-corrected chi connectivity index (χ0v) is 11.2. The number of hydrogen-bond donors (Lipinski definition) is 2. The Hall–Kier alpha value is -1.82. The summed E-state index contributed by atoms with van der Waals surface area (Å²) in [5.74, 6) is 1.83. The van der Waals surface area contributed by atoms with Crippen molar-refractivity contribution in [2.24, 2.45) is 12.8 Å². The third-order valence-corrected chi connectivity index (χ3v) is 3.78. The predicted molar refractivity (Wildman–Crippen MR) is 72.8 cm³/mol. The number of aromatic nitrogens is 3. The molecule has 0 aliphatic carbocycles. The SMILES string of the molecule is Cc1nnc(SCc2ccc(C(=N)N)cc2)n1C. The molecule has 0 unspecified atom stereocenters. The van der Waals surface area contributed by atoms with Crippen molar-refractivity contribution in [2.45, 2.75) is 17.8 Å². The molecule has 3 N–H and O–H groups in total. The summed E-state index contributed by atoms with van der Waals surface area (Å²) in [6.45, 7) is 1.93. The third kappa shape index (κ3) is 2.70. The second-order valence-corrected chi connectivity index (χ2v) is 4.93. The van der Waals surface area contributed by atoms with Crippen molar-refractivity contribution in [3.63, 3.8) is 0 Å². The first-order valence-electron chi connectivity index (χ1n) is 5.50. The second-order valence-electron chi connectivity index (χ2n) is 3.99. The van der Waals surface area contributed by atoms with Gasteiger partial charge in [0.1, 0.15) is 11.7 Å². The van der Waals surface area contributed by atoms with Gasteiger partial charge in [0, 0.05) is 18.4 Å². The lowest BCUT2D eigenvalue weighted by Crippen LogP contribution is -2.10. The van der Waals surface area contributed by atoms with Crippen molar-refractivity contribution in [3.8, 4) is 0 Å². The molecule has 0 aliphatic rings. The summed E-state index contributed by atoms with van der Waals surface area (Å²) in [6.07, 6.45) is 0. The Labute approximate surface area is 110 Å². The van der Waals surface area contributed by atoms with E-state index in [0.29, 0.717) is 0 Å². The fourth-order valence-corrected chi connectivity index (χ4v) is 2.35. The first kappa shape index (κ1) is 12.6. The smallest absolute Gasteiger partial charge is 0.191 e. The number of aryl methyl sites for hydroxylation is 1. The number of nitrogen functional groups attached to an aromatic ring is 1. The minimum Gasteiger partial charge on any atom is -0.384 e. The topological polar surface area (TPSA) is 80.6 Å². The normalized spacial score (nSPS) is 10.6. The fraction of sp³-hybridized carbons (Fsp3) is 0.250. The van der Waals surface area contributed by atoms with Crippen LogP contribution in [-0.2, 0) is 12.8 Å². The van der Waals surface area contributed by atoms with Crippen molar-refractivity contribution in [1.82, 2.24) is 14.8 Å². The molecule has 0 saturated heterocycles. The van der Waals surface area contributed by atoms with E-state index in [-0.39, 0.29) is 5.84 Å². The average molecular weight is 261 g/mol. The zero-order chi connectivity index (χ0) is 13.1. The zero-order valence-electron chi connectivity index (χ0n) is 10.3. The molecule has 0 spiro atoms. The van der Waals surface area contributed by atoms with Crippen molar-refractivity contribution >= 4 is 17.6 Å². The molecule has 94 valence electrons. The number of thioether (sulfide) groups is 1. The molecule has 0 fully saturated rings. The maximum Gasteiger partial charge on any atom is 0.191 e. The molecule has 1 heterocycles. The van der Waals surface area contributed by atoms with Gasteiger partial charge in [0.05, 0.1) is 0 Å². The first-order chi connectivity index (χ1) is 8.58. The van der Waals surface area contributed by atoms with Crippen LogP contribution in [0.4, 0.5) is 0 Å². The highest BCUT2D eigenvalue weighted by Crippen LogP contribution is 2.20. The molecule has 5 nitrogen and oxygen atoms in total. The highest BCUT2D eigenvalue weighted by atomic mass is 32.2. The van der Waals surface area contributed by atoms with E-state index < -0.39 is 0 Å². The van der Waals surface area contributed by atoms with Gasteiger partial charge in [0.2, 0.25) is 0 Å². The first-order valence-corrected chi connectivity index (χ1v) is 6.48. The highest BCUT2D eigenvalue weighted by Gasteiger charge is 2.05. The lowest BCUT2D eigenvalue weighted by atomic mass is 10.1. The minimum absolute atomic E-state index is 0.0955. The summed E-state index contributed by atoms with van der Waals surface area (Å²) < 4.78 is 1.97. The molecule has 2 aromatic rings. The Morgan fingerprint density at radius 1 is 1.33 bits per heavy atom. The van der Waals surface area contributed by atoms with Crippen molar-refractivity contribution in [2.75, 3.05) is 0 Å². The molecule has 1 aromatic heterocycles. The lowest BCUT2D eigenvalue weighted by Gasteiger charge is -2.03. The van der Waals surface area contributed by atoms with Gasteiger partial charge < -0.3 is 10.3 Å². The summed E-state index contributed by atoms with van der Waals surface area (Å²) in [6, 6.07) is 7.68. The Balaban J connectivity index is 2.02. The van der Waals surface area contributed by atoms with Gasteiger partial charge in [-0.1, -0.05) is 36.0 Å². The number of nitrogens with two attached hydrogens (primary N) is 1. The van der Waals surface area contributed by atoms with E-state index in [1.807, 2.05) is 42.8 Å². The van der Waals surface area contributed by atoms with Gasteiger partial charge in [-0.25, -0.2) is 0 Å². The Bertz CT molecular complexity index is 558. The summed E-state index contributed by atoms with van der Waals surface area (Å²) in [5, 5.41) is 16.3. The molecule has 6 heteroatoms. The largest absolute Gasteiger partial charge is 0.384 e. The summed E-state index contributed by atoms with van der Waals surface area (Å²) in [7, 11) is 1.95. The van der Waals surface area contributed by atoms with E-state index in [9.17, 15) is 0 Å². The number of benzene rings is 1. The quantitative estimate of drug-likeness (QED) is 0.498. The van der Waals surface area contributed by atoms with Crippen LogP contribution in [0.15, 0.2) is 29.4 Å². The molecule has 0 saturated carbocycles. The Morgan fingerprint density at radius 3 is 2.50 bits per heavy atom. The second kappa shape index (κ2) is 5.22. The summed E-state index contributed by atoms with van der Waals surface area (Å²) in [5.41, 5.74) is 7.33. The Kier molecular flexibility index (Phi) is 3.66. The molecule has 0 radical (unpaired) electrons. The van der Waals surface area contributed by atoms with Crippen LogP contribution in [0.3, 0.4) is 0 Å². The van der Waals surface area contributed by atoms with Gasteiger partial charge in [0.15, 0.2) is 5.16 Å². The molecule has 0 bridgehead atoms. The van der Waals surface area contributed by atoms with E-state index in [4.69, 9.17) is 11.1 Å². The van der Waals surface area contributed by atoms with E-state index >= 15 is 0 Å². The van der Waals surface area contributed by atoms with Crippen LogP contribution in [0, 0.1) is 12.3 Å². The number of amidine groups is 1. The van der Waals surface area contributed by atoms with E-state index in [1.54, 1.807) is 11.8 Å². The predicted octanol–water partition coefficient (Wildman–Crippen LogP) is 1.70. The average Bonchev–Trinajstić information content (AvgIpc) is 2.68. The molecular weight excluding hydrogens is 246 g/mol. The molecule has 18 heavy (non-hydrogen) atoms. The van der Waals surface area contributed by atoms with Crippen LogP contribution >= 0.6 is 11.8 Å². The molecule has 0 atom stereocenters. The van der Waals surface area contributed by atoms with Gasteiger partial charge in [-0.05, 0) is 12.5 Å². The van der Waals surface area contributed by atoms with Gasteiger partial charge in [-0.2, -0.15) is 0 Å². The number of nitrogens with zero attached hydrogens (tertiary/aromatic N) is 3. The van der Waals surface area contributed by atoms with Crippen LogP contribution < -0.4 is 5.73 Å². The lowest BCUT2D eigenvalue weighted by molar-refractivity contribution is 0.765. The van der Waals surface area contributed by atoms with Crippen LogP contribution in [0.2, 0.25) is 0 Å². The highest BCUT2D eigenvalue weighted by molar-refractivity contribution is 7.98. The maximum atomic E-state index is 7.32. The minimum atomic E-state index is 0.0955. The third-order valence-electron chi connectivity index (χ3n) is 2.69. The van der Waals surface area contributed by atoms with Crippen LogP contribution in [0.1, 0.15) is 17.0 Å². The standard InChI is InChI=1S/C12H15N5S/c1-8-15-16-12(17(8)2)18-7-9-3-5-10(6-4-9)11(13)14/h3-6H,7H2,1-2H3,(H3,13,14). The molecular formula is C12H15N5S. The van der Waals surface area contributed by atoms with E-state index in [1.165, 1.54) is 5.56 Å². The monoisotopic (exact) mass is 261 g/mol. The van der Waals surface area contributed by atoms with Gasteiger partial charge >= 0.3 is 0 Å². The van der Waals surface area contributed by atoms with E-state index in [0.717, 1.165) is 22.3 Å². The van der Waals surface area contributed by atoms with Crippen molar-refractivity contribution < 1.29 is 0 Å².